The van der Waals surface area contributed by atoms with Crippen LogP contribution in [0.15, 0.2) is 11.1 Å². The zero-order chi connectivity index (χ0) is 13.0. The fourth-order valence-electron chi connectivity index (χ4n) is 2.41. The average molecular weight is 253 g/mol. The minimum absolute atomic E-state index is 0.00991. The predicted octanol–water partition coefficient (Wildman–Crippen LogP) is 0.520. The van der Waals surface area contributed by atoms with Gasteiger partial charge in [0.25, 0.3) is 5.56 Å². The van der Waals surface area contributed by atoms with Crippen LogP contribution in [0.25, 0.3) is 0 Å². The summed E-state index contributed by atoms with van der Waals surface area (Å²) < 4.78 is 5.13. The van der Waals surface area contributed by atoms with Crippen molar-refractivity contribution in [1.29, 1.82) is 0 Å². The minimum Gasteiger partial charge on any atom is -0.489 e. The van der Waals surface area contributed by atoms with Crippen LogP contribution in [-0.2, 0) is 0 Å². The maximum absolute atomic E-state index is 11.7. The van der Waals surface area contributed by atoms with Gasteiger partial charge in [-0.1, -0.05) is 12.8 Å². The molecule has 0 saturated carbocycles. The Morgan fingerprint density at radius 3 is 3.11 bits per heavy atom. The summed E-state index contributed by atoms with van der Waals surface area (Å²) in [6.07, 6.45) is 5.55. The van der Waals surface area contributed by atoms with Gasteiger partial charge in [-0.05, 0) is 12.8 Å². The van der Waals surface area contributed by atoms with Crippen LogP contribution in [-0.4, -0.2) is 41.4 Å². The van der Waals surface area contributed by atoms with Crippen LogP contribution in [0.4, 0.5) is 5.82 Å². The van der Waals surface area contributed by atoms with Gasteiger partial charge in [0.15, 0.2) is 5.82 Å². The van der Waals surface area contributed by atoms with Crippen molar-refractivity contribution in [2.45, 2.75) is 31.7 Å². The number of aliphatic hydroxyl groups excluding tert-OH is 1. The van der Waals surface area contributed by atoms with Crippen molar-refractivity contribution in [3.05, 3.63) is 16.7 Å². The SMILES string of the molecule is COc1c(N2CCCCCC2CO)nc[nH]c1=O. The van der Waals surface area contributed by atoms with E-state index in [-0.39, 0.29) is 24.0 Å². The zero-order valence-electron chi connectivity index (χ0n) is 10.6. The van der Waals surface area contributed by atoms with Gasteiger partial charge in [0.05, 0.1) is 26.1 Å². The number of nitrogens with one attached hydrogen (secondary N) is 1. The molecule has 6 nitrogen and oxygen atoms in total. The predicted molar refractivity (Wildman–Crippen MR) is 68.1 cm³/mol. The van der Waals surface area contributed by atoms with Crippen LogP contribution in [0.3, 0.4) is 0 Å². The molecule has 1 aromatic rings. The van der Waals surface area contributed by atoms with E-state index in [0.29, 0.717) is 5.82 Å². The van der Waals surface area contributed by atoms with Crippen molar-refractivity contribution in [2.75, 3.05) is 25.2 Å². The van der Waals surface area contributed by atoms with Gasteiger partial charge in [0.1, 0.15) is 0 Å². The van der Waals surface area contributed by atoms with Crippen LogP contribution in [0.5, 0.6) is 5.75 Å². The van der Waals surface area contributed by atoms with Gasteiger partial charge < -0.3 is 19.7 Å². The van der Waals surface area contributed by atoms with Crippen LogP contribution < -0.4 is 15.2 Å². The van der Waals surface area contributed by atoms with E-state index >= 15 is 0 Å². The molecule has 2 heterocycles. The summed E-state index contributed by atoms with van der Waals surface area (Å²) >= 11 is 0. The number of aromatic amines is 1. The van der Waals surface area contributed by atoms with E-state index in [1.54, 1.807) is 0 Å². The Balaban J connectivity index is 2.38. The van der Waals surface area contributed by atoms with Crippen molar-refractivity contribution in [3.63, 3.8) is 0 Å². The Labute approximate surface area is 106 Å². The van der Waals surface area contributed by atoms with Crippen LogP contribution in [0.1, 0.15) is 25.7 Å². The molecular formula is C12H19N3O3. The summed E-state index contributed by atoms with van der Waals surface area (Å²) in [6, 6.07) is 0.00991. The van der Waals surface area contributed by atoms with Gasteiger partial charge in [-0.25, -0.2) is 4.98 Å². The third kappa shape index (κ3) is 2.48. The first-order valence-corrected chi connectivity index (χ1v) is 6.27. The van der Waals surface area contributed by atoms with Crippen molar-refractivity contribution >= 4 is 5.82 Å². The van der Waals surface area contributed by atoms with Crippen molar-refractivity contribution in [1.82, 2.24) is 9.97 Å². The van der Waals surface area contributed by atoms with E-state index < -0.39 is 0 Å². The zero-order valence-corrected chi connectivity index (χ0v) is 10.6. The third-order valence-corrected chi connectivity index (χ3v) is 3.36. The summed E-state index contributed by atoms with van der Waals surface area (Å²) in [4.78, 5) is 20.4. The molecule has 1 aromatic heterocycles. The molecule has 1 fully saturated rings. The molecule has 1 aliphatic rings. The molecule has 0 aromatic carbocycles. The highest BCUT2D eigenvalue weighted by Gasteiger charge is 2.25. The average Bonchev–Trinajstić information content (AvgIpc) is 2.63. The summed E-state index contributed by atoms with van der Waals surface area (Å²) in [7, 11) is 1.46. The lowest BCUT2D eigenvalue weighted by Gasteiger charge is -2.30. The van der Waals surface area contributed by atoms with Crippen LogP contribution in [0, 0.1) is 0 Å². The van der Waals surface area contributed by atoms with Gasteiger partial charge in [-0.15, -0.1) is 0 Å². The summed E-state index contributed by atoms with van der Waals surface area (Å²) in [5.74, 6) is 0.750. The second-order valence-corrected chi connectivity index (χ2v) is 4.47. The molecular weight excluding hydrogens is 234 g/mol. The lowest BCUT2D eigenvalue weighted by molar-refractivity contribution is 0.253. The Morgan fingerprint density at radius 1 is 1.56 bits per heavy atom. The first-order valence-electron chi connectivity index (χ1n) is 6.27. The number of nitrogens with zero attached hydrogens (tertiary/aromatic N) is 2. The van der Waals surface area contributed by atoms with E-state index in [2.05, 4.69) is 9.97 Å². The van der Waals surface area contributed by atoms with Gasteiger partial charge >= 0.3 is 0 Å². The normalized spacial score (nSPS) is 20.6. The molecule has 6 heteroatoms. The molecule has 2 rings (SSSR count). The highest BCUT2D eigenvalue weighted by atomic mass is 16.5. The molecule has 0 bridgehead atoms. The van der Waals surface area contributed by atoms with Gasteiger partial charge in [-0.2, -0.15) is 0 Å². The topological polar surface area (TPSA) is 78.5 Å². The molecule has 0 amide bonds. The lowest BCUT2D eigenvalue weighted by Crippen LogP contribution is -2.39. The fourth-order valence-corrected chi connectivity index (χ4v) is 2.41. The van der Waals surface area contributed by atoms with Crippen LogP contribution in [0.2, 0.25) is 0 Å². The third-order valence-electron chi connectivity index (χ3n) is 3.36. The van der Waals surface area contributed by atoms with E-state index in [0.717, 1.165) is 32.2 Å². The maximum atomic E-state index is 11.7. The monoisotopic (exact) mass is 253 g/mol. The molecule has 1 atom stereocenters. The molecule has 1 aliphatic heterocycles. The van der Waals surface area contributed by atoms with Gasteiger partial charge in [0, 0.05) is 6.54 Å². The van der Waals surface area contributed by atoms with E-state index in [4.69, 9.17) is 4.74 Å². The Morgan fingerprint density at radius 2 is 2.39 bits per heavy atom. The number of ether oxygens (including phenoxy) is 1. The molecule has 1 unspecified atom stereocenters. The second-order valence-electron chi connectivity index (χ2n) is 4.47. The van der Waals surface area contributed by atoms with E-state index in [1.165, 1.54) is 13.4 Å². The second kappa shape index (κ2) is 5.86. The molecule has 100 valence electrons. The Hall–Kier alpha value is -1.56. The maximum Gasteiger partial charge on any atom is 0.295 e. The first-order chi connectivity index (χ1) is 8.77. The standard InChI is InChI=1S/C12H19N3O3/c1-18-10-11(13-8-14-12(10)17)15-6-4-2-3-5-9(15)7-16/h8-9,16H,2-7H2,1H3,(H,13,14,17). The number of anilines is 1. The summed E-state index contributed by atoms with van der Waals surface area (Å²) in [6.45, 7) is 0.857. The quantitative estimate of drug-likeness (QED) is 0.821. The highest BCUT2D eigenvalue weighted by Crippen LogP contribution is 2.27. The van der Waals surface area contributed by atoms with Crippen molar-refractivity contribution in [2.24, 2.45) is 0 Å². The summed E-state index contributed by atoms with van der Waals surface area (Å²) in [5, 5.41) is 9.48. The van der Waals surface area contributed by atoms with E-state index in [9.17, 15) is 9.90 Å². The smallest absolute Gasteiger partial charge is 0.295 e. The lowest BCUT2D eigenvalue weighted by atomic mass is 10.1. The molecule has 0 radical (unpaired) electrons. The largest absolute Gasteiger partial charge is 0.489 e. The van der Waals surface area contributed by atoms with Crippen molar-refractivity contribution in [3.8, 4) is 5.75 Å². The number of methoxy groups -OCH3 is 1. The van der Waals surface area contributed by atoms with Crippen LogP contribution >= 0.6 is 0 Å². The molecule has 2 N–H and O–H groups in total. The molecule has 0 aliphatic carbocycles. The van der Waals surface area contributed by atoms with Gasteiger partial charge in [-0.3, -0.25) is 4.79 Å². The fraction of sp³-hybridized carbons (Fsp3) is 0.667. The molecule has 1 saturated heterocycles. The highest BCUT2D eigenvalue weighted by molar-refractivity contribution is 5.51. The number of hydrogen-bond donors (Lipinski definition) is 2. The minimum atomic E-state index is -0.288. The summed E-state index contributed by atoms with van der Waals surface area (Å²) in [5.41, 5.74) is -0.288. The molecule has 0 spiro atoms. The van der Waals surface area contributed by atoms with Crippen molar-refractivity contribution < 1.29 is 9.84 Å². The number of H-pyrrole nitrogens is 1. The Kier molecular flexibility index (Phi) is 4.19. The Bertz CT molecular complexity index is 446. The van der Waals surface area contributed by atoms with E-state index in [1.807, 2.05) is 4.90 Å². The number of hydrogen-bond acceptors (Lipinski definition) is 5. The number of rotatable bonds is 3. The number of aliphatic hydroxyl groups is 1. The number of aromatic nitrogens is 2. The van der Waals surface area contributed by atoms with Gasteiger partial charge in [0.2, 0.25) is 5.75 Å². The molecule has 18 heavy (non-hydrogen) atoms. The first kappa shape index (κ1) is 12.9.